The SMILES string of the molecule is CN(C)c1ccc(/C=N\NC(=O)c2ccc(COc3ccccc3)o2)cc1[N+](=O)[O-]. The van der Waals surface area contributed by atoms with Crippen molar-refractivity contribution in [1.82, 2.24) is 5.43 Å². The Kier molecular flexibility index (Phi) is 6.43. The van der Waals surface area contributed by atoms with E-state index in [0.717, 1.165) is 0 Å². The van der Waals surface area contributed by atoms with Crippen LogP contribution in [-0.4, -0.2) is 31.1 Å². The zero-order valence-corrected chi connectivity index (χ0v) is 16.4. The Morgan fingerprint density at radius 3 is 2.67 bits per heavy atom. The third-order valence-corrected chi connectivity index (χ3v) is 4.07. The summed E-state index contributed by atoms with van der Waals surface area (Å²) in [5.41, 5.74) is 3.23. The number of benzene rings is 2. The molecule has 0 bridgehead atoms. The summed E-state index contributed by atoms with van der Waals surface area (Å²) < 4.78 is 11.0. The summed E-state index contributed by atoms with van der Waals surface area (Å²) in [6.07, 6.45) is 1.33. The fourth-order valence-corrected chi connectivity index (χ4v) is 2.61. The van der Waals surface area contributed by atoms with Gasteiger partial charge in [-0.3, -0.25) is 14.9 Å². The molecule has 30 heavy (non-hydrogen) atoms. The summed E-state index contributed by atoms with van der Waals surface area (Å²) in [4.78, 5) is 24.6. The van der Waals surface area contributed by atoms with Gasteiger partial charge in [-0.05, 0) is 30.3 Å². The van der Waals surface area contributed by atoms with Gasteiger partial charge in [0.1, 0.15) is 23.8 Å². The number of ether oxygens (including phenoxy) is 1. The van der Waals surface area contributed by atoms with Gasteiger partial charge in [0.15, 0.2) is 5.76 Å². The molecule has 0 saturated heterocycles. The minimum absolute atomic E-state index is 0.0515. The van der Waals surface area contributed by atoms with Gasteiger partial charge in [-0.2, -0.15) is 5.10 Å². The molecule has 0 spiro atoms. The molecule has 9 nitrogen and oxygen atoms in total. The lowest BCUT2D eigenvalue weighted by Gasteiger charge is -2.12. The van der Waals surface area contributed by atoms with E-state index in [2.05, 4.69) is 10.5 Å². The lowest BCUT2D eigenvalue weighted by molar-refractivity contribution is -0.384. The first-order chi connectivity index (χ1) is 14.4. The molecule has 3 aromatic rings. The third-order valence-electron chi connectivity index (χ3n) is 4.07. The average Bonchev–Trinajstić information content (AvgIpc) is 3.22. The number of carbonyl (C=O) groups is 1. The molecule has 0 radical (unpaired) electrons. The minimum atomic E-state index is -0.545. The van der Waals surface area contributed by atoms with E-state index in [1.165, 1.54) is 18.3 Å². The van der Waals surface area contributed by atoms with Gasteiger partial charge >= 0.3 is 5.91 Å². The lowest BCUT2D eigenvalue weighted by Crippen LogP contribution is -2.17. The fourth-order valence-electron chi connectivity index (χ4n) is 2.61. The molecule has 0 saturated carbocycles. The molecule has 3 rings (SSSR count). The quantitative estimate of drug-likeness (QED) is 0.346. The van der Waals surface area contributed by atoms with Crippen molar-refractivity contribution in [1.29, 1.82) is 0 Å². The number of para-hydroxylation sites is 1. The highest BCUT2D eigenvalue weighted by molar-refractivity contribution is 5.92. The van der Waals surface area contributed by atoms with E-state index in [1.54, 1.807) is 37.2 Å². The summed E-state index contributed by atoms with van der Waals surface area (Å²) in [7, 11) is 3.44. The van der Waals surface area contributed by atoms with Crippen LogP contribution in [0.3, 0.4) is 0 Å². The van der Waals surface area contributed by atoms with Crippen molar-refractivity contribution in [3.8, 4) is 5.75 Å². The van der Waals surface area contributed by atoms with Crippen molar-refractivity contribution in [2.45, 2.75) is 6.61 Å². The molecule has 9 heteroatoms. The van der Waals surface area contributed by atoms with Gasteiger partial charge < -0.3 is 14.1 Å². The van der Waals surface area contributed by atoms with Crippen LogP contribution in [-0.2, 0) is 6.61 Å². The molecular formula is C21H20N4O5. The summed E-state index contributed by atoms with van der Waals surface area (Å²) in [6.45, 7) is 0.183. The van der Waals surface area contributed by atoms with E-state index in [9.17, 15) is 14.9 Å². The number of hydrazone groups is 1. The molecule has 0 atom stereocenters. The molecule has 0 unspecified atom stereocenters. The van der Waals surface area contributed by atoms with Gasteiger partial charge in [0.25, 0.3) is 5.69 Å². The number of amides is 1. The molecule has 0 fully saturated rings. The van der Waals surface area contributed by atoms with Crippen molar-refractivity contribution >= 4 is 23.5 Å². The molecule has 1 amide bonds. The van der Waals surface area contributed by atoms with Crippen molar-refractivity contribution in [3.63, 3.8) is 0 Å². The van der Waals surface area contributed by atoms with E-state index in [4.69, 9.17) is 9.15 Å². The maximum Gasteiger partial charge on any atom is 0.307 e. The van der Waals surface area contributed by atoms with Crippen molar-refractivity contribution in [2.75, 3.05) is 19.0 Å². The molecule has 2 aromatic carbocycles. The van der Waals surface area contributed by atoms with E-state index < -0.39 is 10.8 Å². The van der Waals surface area contributed by atoms with Crippen LogP contribution < -0.4 is 15.1 Å². The first-order valence-corrected chi connectivity index (χ1v) is 9.00. The smallest absolute Gasteiger partial charge is 0.307 e. The lowest BCUT2D eigenvalue weighted by atomic mass is 10.2. The van der Waals surface area contributed by atoms with Gasteiger partial charge in [-0.15, -0.1) is 0 Å². The number of rotatable bonds is 8. The fraction of sp³-hybridized carbons (Fsp3) is 0.143. The number of hydrogen-bond donors (Lipinski definition) is 1. The number of furan rings is 1. The van der Waals surface area contributed by atoms with Crippen LogP contribution in [0.5, 0.6) is 5.75 Å². The molecule has 1 aromatic heterocycles. The second-order valence-electron chi connectivity index (χ2n) is 6.47. The Hall–Kier alpha value is -4.14. The zero-order chi connectivity index (χ0) is 21.5. The zero-order valence-electron chi connectivity index (χ0n) is 16.4. The molecule has 0 aliphatic rings. The summed E-state index contributed by atoms with van der Waals surface area (Å²) in [5, 5.41) is 15.1. The molecular weight excluding hydrogens is 388 g/mol. The number of carbonyl (C=O) groups excluding carboxylic acids is 1. The summed E-state index contributed by atoms with van der Waals surface area (Å²) in [6, 6.07) is 17.1. The van der Waals surface area contributed by atoms with Gasteiger partial charge in [-0.1, -0.05) is 24.3 Å². The normalized spacial score (nSPS) is 10.7. The highest BCUT2D eigenvalue weighted by atomic mass is 16.6. The second kappa shape index (κ2) is 9.37. The molecule has 154 valence electrons. The van der Waals surface area contributed by atoms with E-state index in [0.29, 0.717) is 22.8 Å². The number of nitro groups is 1. The standard InChI is InChI=1S/C21H20N4O5/c1-24(2)18-10-8-15(12-19(18)25(27)28)13-22-23-21(26)20-11-9-17(30-20)14-29-16-6-4-3-5-7-16/h3-13H,14H2,1-2H3,(H,23,26)/b22-13-. The molecule has 1 N–H and O–H groups in total. The van der Waals surface area contributed by atoms with Crippen LogP contribution in [0.25, 0.3) is 0 Å². The first kappa shape index (κ1) is 20.6. The molecule has 1 heterocycles. The largest absolute Gasteiger partial charge is 0.486 e. The number of nitrogens with one attached hydrogen (secondary N) is 1. The first-order valence-electron chi connectivity index (χ1n) is 9.00. The van der Waals surface area contributed by atoms with Gasteiger partial charge in [0.05, 0.1) is 11.1 Å². The predicted molar refractivity (Wildman–Crippen MR) is 112 cm³/mol. The highest BCUT2D eigenvalue weighted by Gasteiger charge is 2.16. The molecule has 0 aliphatic heterocycles. The van der Waals surface area contributed by atoms with Crippen LogP contribution in [0, 0.1) is 10.1 Å². The number of nitrogens with zero attached hydrogens (tertiary/aromatic N) is 3. The summed E-state index contributed by atoms with van der Waals surface area (Å²) in [5.74, 6) is 0.714. The third kappa shape index (κ3) is 5.22. The van der Waals surface area contributed by atoms with E-state index in [-0.39, 0.29) is 18.1 Å². The van der Waals surface area contributed by atoms with Crippen molar-refractivity contribution in [2.24, 2.45) is 5.10 Å². The van der Waals surface area contributed by atoms with Gasteiger partial charge in [-0.25, -0.2) is 5.43 Å². The van der Waals surface area contributed by atoms with Gasteiger partial charge in [0, 0.05) is 25.7 Å². The second-order valence-corrected chi connectivity index (χ2v) is 6.47. The van der Waals surface area contributed by atoms with Crippen LogP contribution in [0.2, 0.25) is 0 Å². The van der Waals surface area contributed by atoms with Gasteiger partial charge in [0.2, 0.25) is 0 Å². The van der Waals surface area contributed by atoms with Crippen molar-refractivity contribution in [3.05, 3.63) is 87.9 Å². The van der Waals surface area contributed by atoms with Crippen molar-refractivity contribution < 1.29 is 18.9 Å². The predicted octanol–water partition coefficient (Wildman–Crippen LogP) is 3.60. The highest BCUT2D eigenvalue weighted by Crippen LogP contribution is 2.27. The molecule has 0 aliphatic carbocycles. The Labute approximate surface area is 172 Å². The minimum Gasteiger partial charge on any atom is -0.486 e. The summed E-state index contributed by atoms with van der Waals surface area (Å²) >= 11 is 0. The van der Waals surface area contributed by atoms with E-state index >= 15 is 0 Å². The Morgan fingerprint density at radius 2 is 1.97 bits per heavy atom. The Morgan fingerprint density at radius 1 is 1.20 bits per heavy atom. The Balaban J connectivity index is 1.59. The number of hydrogen-bond acceptors (Lipinski definition) is 7. The topological polar surface area (TPSA) is 110 Å². The van der Waals surface area contributed by atoms with Crippen LogP contribution in [0.15, 0.2) is 70.2 Å². The van der Waals surface area contributed by atoms with E-state index in [1.807, 2.05) is 30.3 Å². The van der Waals surface area contributed by atoms with Crippen LogP contribution in [0.1, 0.15) is 21.9 Å². The maximum atomic E-state index is 12.2. The average molecular weight is 408 g/mol. The van der Waals surface area contributed by atoms with Crippen LogP contribution >= 0.6 is 0 Å². The van der Waals surface area contributed by atoms with Crippen LogP contribution in [0.4, 0.5) is 11.4 Å². The monoisotopic (exact) mass is 408 g/mol. The number of anilines is 1. The number of nitro benzene ring substituents is 1. The Bertz CT molecular complexity index is 1060. The maximum absolute atomic E-state index is 12.2.